The molecule has 2 heterocycles. The number of fused-ring (bicyclic) bond motifs is 1. The number of H-pyrrole nitrogens is 1. The Hall–Kier alpha value is -4.27. The van der Waals surface area contributed by atoms with Gasteiger partial charge in [-0.05, 0) is 41.5 Å². The van der Waals surface area contributed by atoms with Crippen LogP contribution in [0.2, 0.25) is 5.02 Å². The van der Waals surface area contributed by atoms with Crippen molar-refractivity contribution in [2.75, 3.05) is 0 Å². The lowest BCUT2D eigenvalue weighted by Crippen LogP contribution is -2.17. The average Bonchev–Trinajstić information content (AvgIpc) is 3.23. The predicted molar refractivity (Wildman–Crippen MR) is 140 cm³/mol. The number of hydrogen-bond donors (Lipinski definition) is 2. The Morgan fingerprint density at radius 1 is 1.03 bits per heavy atom. The molecule has 0 spiro atoms. The van der Waals surface area contributed by atoms with Crippen LogP contribution in [0.5, 0.6) is 5.75 Å². The van der Waals surface area contributed by atoms with Gasteiger partial charge >= 0.3 is 0 Å². The second-order valence-corrected chi connectivity index (χ2v) is 8.59. The summed E-state index contributed by atoms with van der Waals surface area (Å²) in [5.74, 6) is 5.96. The predicted octanol–water partition coefficient (Wildman–Crippen LogP) is 6.07. The van der Waals surface area contributed by atoms with Crippen LogP contribution in [-0.2, 0) is 6.42 Å². The van der Waals surface area contributed by atoms with Gasteiger partial charge in [-0.3, -0.25) is 9.89 Å². The highest BCUT2D eigenvalue weighted by Gasteiger charge is 2.19. The number of nitrogens with one attached hydrogen (secondary N) is 1. The van der Waals surface area contributed by atoms with Gasteiger partial charge in [-0.1, -0.05) is 72.8 Å². The maximum absolute atomic E-state index is 13.6. The molecule has 0 bridgehead atoms. The summed E-state index contributed by atoms with van der Waals surface area (Å²) in [7, 11) is 0. The van der Waals surface area contributed by atoms with Crippen molar-refractivity contribution >= 4 is 17.2 Å². The molecule has 0 radical (unpaired) electrons. The molecule has 0 aliphatic carbocycles. The number of phenols is 1. The molecule has 2 aromatic heterocycles. The maximum Gasteiger partial charge on any atom is 0.280 e. The van der Waals surface area contributed by atoms with Crippen LogP contribution in [0.1, 0.15) is 30.2 Å². The fourth-order valence-electron chi connectivity index (χ4n) is 4.12. The van der Waals surface area contributed by atoms with Crippen LogP contribution < -0.4 is 5.56 Å². The molecule has 0 saturated heterocycles. The van der Waals surface area contributed by atoms with E-state index in [4.69, 9.17) is 11.6 Å². The quantitative estimate of drug-likeness (QED) is 0.307. The van der Waals surface area contributed by atoms with Crippen molar-refractivity contribution in [3.05, 3.63) is 111 Å². The minimum atomic E-state index is -0.299. The molecule has 0 fully saturated rings. The van der Waals surface area contributed by atoms with Crippen LogP contribution in [0.4, 0.5) is 0 Å². The van der Waals surface area contributed by atoms with Crippen LogP contribution in [-0.4, -0.2) is 19.7 Å². The molecule has 0 unspecified atom stereocenters. The van der Waals surface area contributed by atoms with E-state index in [-0.39, 0.29) is 11.3 Å². The largest absolute Gasteiger partial charge is 0.507 e. The first kappa shape index (κ1) is 22.5. The Morgan fingerprint density at radius 2 is 1.80 bits per heavy atom. The summed E-state index contributed by atoms with van der Waals surface area (Å²) < 4.78 is 1.45. The lowest BCUT2D eigenvalue weighted by molar-refractivity contribution is 0.477. The Morgan fingerprint density at radius 3 is 2.51 bits per heavy atom. The summed E-state index contributed by atoms with van der Waals surface area (Å²) in [6, 6.07) is 22.6. The first-order chi connectivity index (χ1) is 17.0. The minimum Gasteiger partial charge on any atom is -0.507 e. The highest BCUT2D eigenvalue weighted by molar-refractivity contribution is 6.30. The van der Waals surface area contributed by atoms with Gasteiger partial charge in [-0.25, -0.2) is 9.50 Å². The van der Waals surface area contributed by atoms with Crippen molar-refractivity contribution < 1.29 is 5.11 Å². The summed E-state index contributed by atoms with van der Waals surface area (Å²) in [6.45, 7) is 1.96. The van der Waals surface area contributed by atoms with Gasteiger partial charge in [-0.15, -0.1) is 0 Å². The third-order valence-electron chi connectivity index (χ3n) is 5.79. The standard InChI is InChI=1S/C29H22ClN3O2/c1-2-3-7-20-10-15-23(26(34)17-20)24-18-31-28-27(21-11-13-22(30)14-12-21)25(32-33(28)29(24)35)16-19-8-5-4-6-9-19/h4-6,8-15,17-18,32,34H,2,16H2,1H3. The zero-order valence-corrected chi connectivity index (χ0v) is 19.8. The van der Waals surface area contributed by atoms with Crippen molar-refractivity contribution in [3.8, 4) is 39.8 Å². The van der Waals surface area contributed by atoms with Gasteiger partial charge in [0, 0.05) is 46.4 Å². The number of halogens is 1. The fourth-order valence-corrected chi connectivity index (χ4v) is 4.25. The zero-order valence-electron chi connectivity index (χ0n) is 19.0. The van der Waals surface area contributed by atoms with E-state index in [1.807, 2.05) is 61.5 Å². The van der Waals surface area contributed by atoms with E-state index in [1.165, 1.54) is 10.7 Å². The molecule has 0 aliphatic heterocycles. The van der Waals surface area contributed by atoms with Gasteiger partial charge in [0.2, 0.25) is 0 Å². The molecular formula is C29H22ClN3O2. The van der Waals surface area contributed by atoms with Gasteiger partial charge < -0.3 is 5.11 Å². The first-order valence-electron chi connectivity index (χ1n) is 11.3. The monoisotopic (exact) mass is 479 g/mol. The van der Waals surface area contributed by atoms with Gasteiger partial charge in [0.15, 0.2) is 5.65 Å². The number of rotatable bonds is 4. The number of aromatic hydroxyl groups is 1. The van der Waals surface area contributed by atoms with E-state index >= 15 is 0 Å². The van der Waals surface area contributed by atoms with Gasteiger partial charge in [0.25, 0.3) is 5.56 Å². The molecule has 0 amide bonds. The van der Waals surface area contributed by atoms with Crippen LogP contribution in [0, 0.1) is 11.8 Å². The SMILES string of the molecule is CCC#Cc1ccc(-c2cnc3c(-c4ccc(Cl)cc4)c(Cc4ccccc4)[nH]n3c2=O)c(O)c1. The summed E-state index contributed by atoms with van der Waals surface area (Å²) >= 11 is 6.12. The second kappa shape index (κ2) is 9.54. The minimum absolute atomic E-state index is 0.0132. The number of aromatic amines is 1. The highest BCUT2D eigenvalue weighted by atomic mass is 35.5. The van der Waals surface area contributed by atoms with Crippen molar-refractivity contribution in [1.29, 1.82) is 0 Å². The summed E-state index contributed by atoms with van der Waals surface area (Å²) in [5.41, 5.74) is 5.31. The topological polar surface area (TPSA) is 70.4 Å². The highest BCUT2D eigenvalue weighted by Crippen LogP contribution is 2.32. The maximum atomic E-state index is 13.6. The molecule has 35 heavy (non-hydrogen) atoms. The summed E-state index contributed by atoms with van der Waals surface area (Å²) in [4.78, 5) is 18.2. The lowest BCUT2D eigenvalue weighted by atomic mass is 10.0. The van der Waals surface area contributed by atoms with E-state index in [2.05, 4.69) is 21.9 Å². The number of benzene rings is 3. The third kappa shape index (κ3) is 4.44. The lowest BCUT2D eigenvalue weighted by Gasteiger charge is -2.06. The number of hydrogen-bond acceptors (Lipinski definition) is 3. The molecule has 5 rings (SSSR count). The summed E-state index contributed by atoms with van der Waals surface area (Å²) in [5, 5.41) is 14.5. The van der Waals surface area contributed by atoms with Gasteiger partial charge in [-0.2, -0.15) is 0 Å². The molecule has 0 saturated carbocycles. The van der Waals surface area contributed by atoms with Crippen molar-refractivity contribution in [1.82, 2.24) is 14.6 Å². The normalized spacial score (nSPS) is 10.8. The Labute approximate surface area is 207 Å². The number of aromatic nitrogens is 3. The van der Waals surface area contributed by atoms with Crippen LogP contribution >= 0.6 is 11.6 Å². The number of phenolic OH excluding ortho intramolecular Hbond substituents is 1. The third-order valence-corrected chi connectivity index (χ3v) is 6.04. The average molecular weight is 480 g/mol. The van der Waals surface area contributed by atoms with Crippen LogP contribution in [0.15, 0.2) is 83.8 Å². The smallest absolute Gasteiger partial charge is 0.280 e. The Balaban J connectivity index is 1.68. The molecular weight excluding hydrogens is 458 g/mol. The van der Waals surface area contributed by atoms with E-state index < -0.39 is 0 Å². The van der Waals surface area contributed by atoms with Crippen molar-refractivity contribution in [2.24, 2.45) is 0 Å². The molecule has 5 aromatic rings. The molecule has 5 nitrogen and oxygen atoms in total. The Kier molecular flexibility index (Phi) is 6.13. The van der Waals surface area contributed by atoms with Crippen LogP contribution in [0.3, 0.4) is 0 Å². The molecule has 0 atom stereocenters. The van der Waals surface area contributed by atoms with Gasteiger partial charge in [0.1, 0.15) is 5.75 Å². The van der Waals surface area contributed by atoms with E-state index in [9.17, 15) is 9.90 Å². The van der Waals surface area contributed by atoms with E-state index in [1.54, 1.807) is 18.2 Å². The molecule has 3 aromatic carbocycles. The zero-order chi connectivity index (χ0) is 24.4. The van der Waals surface area contributed by atoms with E-state index in [0.29, 0.717) is 33.8 Å². The summed E-state index contributed by atoms with van der Waals surface area (Å²) in [6.07, 6.45) is 2.83. The van der Waals surface area contributed by atoms with Crippen molar-refractivity contribution in [2.45, 2.75) is 19.8 Å². The Bertz CT molecular complexity index is 1640. The van der Waals surface area contributed by atoms with Crippen LogP contribution in [0.25, 0.3) is 27.9 Å². The second-order valence-electron chi connectivity index (χ2n) is 8.16. The molecule has 6 heteroatoms. The van der Waals surface area contributed by atoms with Crippen molar-refractivity contribution in [3.63, 3.8) is 0 Å². The first-order valence-corrected chi connectivity index (χ1v) is 11.7. The molecule has 172 valence electrons. The fraction of sp³-hybridized carbons (Fsp3) is 0.103. The van der Waals surface area contributed by atoms with Gasteiger partial charge in [0.05, 0.1) is 5.56 Å². The number of nitrogens with zero attached hydrogens (tertiary/aromatic N) is 2. The van der Waals surface area contributed by atoms with E-state index in [0.717, 1.165) is 28.8 Å². The molecule has 2 N–H and O–H groups in total. The molecule has 0 aliphatic rings.